The predicted octanol–water partition coefficient (Wildman–Crippen LogP) is 2.47. The molecule has 2 aromatic rings. The van der Waals surface area contributed by atoms with Gasteiger partial charge in [-0.05, 0) is 44.9 Å². The van der Waals surface area contributed by atoms with Gasteiger partial charge in [0.1, 0.15) is 5.82 Å². The lowest BCUT2D eigenvalue weighted by molar-refractivity contribution is -0.121. The van der Waals surface area contributed by atoms with E-state index >= 15 is 0 Å². The Balaban J connectivity index is 1.98. The summed E-state index contributed by atoms with van der Waals surface area (Å²) in [5.74, 6) is -1.65. The number of carbonyl (C=O) groups excluding carboxylic acids is 1. The number of halogens is 2. The molecule has 0 saturated heterocycles. The fourth-order valence-electron chi connectivity index (χ4n) is 2.46. The van der Waals surface area contributed by atoms with Gasteiger partial charge in [-0.2, -0.15) is 0 Å². The standard InChI is InChI=1S/C17H19F2N3O2/c1-9(12-4-6-14(18)15(19)8-12)21-16(23)7-5-13-10(2)20-11(3)22-17(13)24/h4,6,8-9H,5,7H2,1-3H3,(H,21,23)(H,20,22,24)/t9-/m1/s1. The molecule has 2 N–H and O–H groups in total. The monoisotopic (exact) mass is 335 g/mol. The summed E-state index contributed by atoms with van der Waals surface area (Å²) in [7, 11) is 0. The second kappa shape index (κ2) is 7.33. The molecule has 1 heterocycles. The molecule has 0 aliphatic rings. The van der Waals surface area contributed by atoms with E-state index in [1.165, 1.54) is 6.07 Å². The van der Waals surface area contributed by atoms with Gasteiger partial charge in [-0.15, -0.1) is 0 Å². The van der Waals surface area contributed by atoms with Crippen molar-refractivity contribution in [2.75, 3.05) is 0 Å². The third-order valence-electron chi connectivity index (χ3n) is 3.76. The van der Waals surface area contributed by atoms with E-state index in [9.17, 15) is 18.4 Å². The van der Waals surface area contributed by atoms with Gasteiger partial charge in [0.2, 0.25) is 5.91 Å². The van der Waals surface area contributed by atoms with Crippen molar-refractivity contribution in [2.45, 2.75) is 39.7 Å². The highest BCUT2D eigenvalue weighted by Gasteiger charge is 2.14. The van der Waals surface area contributed by atoms with Crippen molar-refractivity contribution >= 4 is 5.91 Å². The Labute approximate surface area is 138 Å². The molecule has 5 nitrogen and oxygen atoms in total. The fraction of sp³-hybridized carbons (Fsp3) is 0.353. The zero-order valence-electron chi connectivity index (χ0n) is 13.7. The van der Waals surface area contributed by atoms with Gasteiger partial charge in [0.25, 0.3) is 5.56 Å². The molecule has 0 radical (unpaired) electrons. The number of carbonyl (C=O) groups is 1. The Morgan fingerprint density at radius 1 is 1.29 bits per heavy atom. The Hall–Kier alpha value is -2.57. The van der Waals surface area contributed by atoms with Crippen molar-refractivity contribution in [3.8, 4) is 0 Å². The Morgan fingerprint density at radius 2 is 2.00 bits per heavy atom. The fourth-order valence-corrected chi connectivity index (χ4v) is 2.46. The van der Waals surface area contributed by atoms with Gasteiger partial charge in [-0.25, -0.2) is 13.8 Å². The van der Waals surface area contributed by atoms with Crippen LogP contribution in [-0.4, -0.2) is 15.9 Å². The average Bonchev–Trinajstić information content (AvgIpc) is 2.48. The first-order valence-corrected chi connectivity index (χ1v) is 7.58. The van der Waals surface area contributed by atoms with Gasteiger partial charge in [0.15, 0.2) is 11.6 Å². The summed E-state index contributed by atoms with van der Waals surface area (Å²) < 4.78 is 26.2. The van der Waals surface area contributed by atoms with Gasteiger partial charge >= 0.3 is 0 Å². The minimum Gasteiger partial charge on any atom is -0.350 e. The minimum absolute atomic E-state index is 0.0999. The number of rotatable bonds is 5. The van der Waals surface area contributed by atoms with E-state index in [-0.39, 0.29) is 24.3 Å². The zero-order valence-corrected chi connectivity index (χ0v) is 13.7. The first-order chi connectivity index (χ1) is 11.3. The lowest BCUT2D eigenvalue weighted by atomic mass is 10.1. The van der Waals surface area contributed by atoms with E-state index in [0.29, 0.717) is 22.6 Å². The molecule has 0 spiro atoms. The molecule has 1 amide bonds. The molecule has 128 valence electrons. The summed E-state index contributed by atoms with van der Waals surface area (Å²) in [4.78, 5) is 30.7. The van der Waals surface area contributed by atoms with Crippen LogP contribution in [0.3, 0.4) is 0 Å². The van der Waals surface area contributed by atoms with Crippen LogP contribution in [0.1, 0.15) is 42.0 Å². The van der Waals surface area contributed by atoms with Gasteiger partial charge in [0.05, 0.1) is 6.04 Å². The van der Waals surface area contributed by atoms with Crippen LogP contribution in [0, 0.1) is 25.5 Å². The summed E-state index contributed by atoms with van der Waals surface area (Å²) >= 11 is 0. The number of hydrogen-bond acceptors (Lipinski definition) is 3. The zero-order chi connectivity index (χ0) is 17.9. The second-order valence-electron chi connectivity index (χ2n) is 5.68. The third kappa shape index (κ3) is 4.24. The maximum absolute atomic E-state index is 13.2. The summed E-state index contributed by atoms with van der Waals surface area (Å²) in [6, 6.07) is 3.03. The van der Waals surface area contributed by atoms with Crippen LogP contribution in [0.5, 0.6) is 0 Å². The molecular formula is C17H19F2N3O2. The van der Waals surface area contributed by atoms with Crippen molar-refractivity contribution in [1.29, 1.82) is 0 Å². The molecule has 1 atom stereocenters. The number of hydrogen-bond donors (Lipinski definition) is 2. The van der Waals surface area contributed by atoms with Crippen LogP contribution in [-0.2, 0) is 11.2 Å². The van der Waals surface area contributed by atoms with E-state index in [1.54, 1.807) is 20.8 Å². The lowest BCUT2D eigenvalue weighted by Crippen LogP contribution is -2.28. The highest BCUT2D eigenvalue weighted by Crippen LogP contribution is 2.16. The number of aromatic nitrogens is 2. The summed E-state index contributed by atoms with van der Waals surface area (Å²) in [6.07, 6.45) is 0.355. The molecule has 0 aliphatic carbocycles. The smallest absolute Gasteiger partial charge is 0.254 e. The van der Waals surface area contributed by atoms with Gasteiger partial charge in [-0.1, -0.05) is 6.07 Å². The van der Waals surface area contributed by atoms with Crippen molar-refractivity contribution in [3.05, 3.63) is 62.8 Å². The molecular weight excluding hydrogens is 316 g/mol. The highest BCUT2D eigenvalue weighted by molar-refractivity contribution is 5.76. The molecule has 0 bridgehead atoms. The predicted molar refractivity (Wildman–Crippen MR) is 85.6 cm³/mol. The van der Waals surface area contributed by atoms with Crippen LogP contribution in [0.4, 0.5) is 8.78 Å². The SMILES string of the molecule is Cc1nc(C)c(CCC(=O)N[C@H](C)c2ccc(F)c(F)c2)c(=O)[nH]1. The number of aryl methyl sites for hydroxylation is 2. The molecule has 1 aromatic heterocycles. The normalized spacial score (nSPS) is 12.0. The number of benzene rings is 1. The molecule has 0 saturated carbocycles. The topological polar surface area (TPSA) is 74.8 Å². The van der Waals surface area contributed by atoms with Gasteiger partial charge < -0.3 is 10.3 Å². The van der Waals surface area contributed by atoms with Crippen LogP contribution >= 0.6 is 0 Å². The molecule has 0 unspecified atom stereocenters. The molecule has 24 heavy (non-hydrogen) atoms. The molecule has 7 heteroatoms. The quantitative estimate of drug-likeness (QED) is 0.881. The maximum atomic E-state index is 13.2. The number of H-pyrrole nitrogens is 1. The molecule has 0 fully saturated rings. The first kappa shape index (κ1) is 17.8. The second-order valence-corrected chi connectivity index (χ2v) is 5.68. The van der Waals surface area contributed by atoms with E-state index in [2.05, 4.69) is 15.3 Å². The summed E-state index contributed by atoms with van der Waals surface area (Å²) in [5.41, 5.74) is 1.28. The number of nitrogens with zero attached hydrogens (tertiary/aromatic N) is 1. The van der Waals surface area contributed by atoms with Gasteiger partial charge in [0, 0.05) is 17.7 Å². The maximum Gasteiger partial charge on any atom is 0.254 e. The first-order valence-electron chi connectivity index (χ1n) is 7.58. The van der Waals surface area contributed by atoms with E-state index in [1.807, 2.05) is 0 Å². The number of aromatic amines is 1. The Bertz CT molecular complexity index is 818. The van der Waals surface area contributed by atoms with Crippen LogP contribution in [0.15, 0.2) is 23.0 Å². The Morgan fingerprint density at radius 3 is 2.62 bits per heavy atom. The van der Waals surface area contributed by atoms with Crippen molar-refractivity contribution in [2.24, 2.45) is 0 Å². The molecule has 2 rings (SSSR count). The van der Waals surface area contributed by atoms with Crippen LogP contribution in [0.2, 0.25) is 0 Å². The van der Waals surface area contributed by atoms with E-state index < -0.39 is 17.7 Å². The average molecular weight is 335 g/mol. The Kier molecular flexibility index (Phi) is 5.43. The van der Waals surface area contributed by atoms with Crippen LogP contribution < -0.4 is 10.9 Å². The highest BCUT2D eigenvalue weighted by atomic mass is 19.2. The van der Waals surface area contributed by atoms with Crippen molar-refractivity contribution in [3.63, 3.8) is 0 Å². The minimum atomic E-state index is -0.957. The van der Waals surface area contributed by atoms with Gasteiger partial charge in [-0.3, -0.25) is 9.59 Å². The molecule has 1 aromatic carbocycles. The van der Waals surface area contributed by atoms with E-state index in [4.69, 9.17) is 0 Å². The lowest BCUT2D eigenvalue weighted by Gasteiger charge is -2.14. The number of nitrogens with one attached hydrogen (secondary N) is 2. The van der Waals surface area contributed by atoms with Crippen molar-refractivity contribution in [1.82, 2.24) is 15.3 Å². The van der Waals surface area contributed by atoms with Crippen molar-refractivity contribution < 1.29 is 13.6 Å². The van der Waals surface area contributed by atoms with E-state index in [0.717, 1.165) is 12.1 Å². The van der Waals surface area contributed by atoms with Crippen LogP contribution in [0.25, 0.3) is 0 Å². The number of amides is 1. The summed E-state index contributed by atoms with van der Waals surface area (Å²) in [6.45, 7) is 5.09. The third-order valence-corrected chi connectivity index (χ3v) is 3.76. The molecule has 0 aliphatic heterocycles. The largest absolute Gasteiger partial charge is 0.350 e. The summed E-state index contributed by atoms with van der Waals surface area (Å²) in [5, 5.41) is 2.70.